The number of likely N-dealkylation sites (tertiary alicyclic amines) is 1. The average molecular weight is 215 g/mol. The summed E-state index contributed by atoms with van der Waals surface area (Å²) in [6, 6.07) is 0. The standard InChI is InChI=1S/C11H21NO3/c1-8(13)5-9-6-12(7-9)10(14)15-11(2,3)4/h8-9,13H,5-7H2,1-4H3/t8-/m0/s1. The van der Waals surface area contributed by atoms with Crippen LogP contribution in [0.1, 0.15) is 34.1 Å². The highest BCUT2D eigenvalue weighted by Crippen LogP contribution is 2.22. The summed E-state index contributed by atoms with van der Waals surface area (Å²) in [6.07, 6.45) is 0.236. The van der Waals surface area contributed by atoms with Crippen LogP contribution in [0.5, 0.6) is 0 Å². The molecule has 1 saturated heterocycles. The molecule has 15 heavy (non-hydrogen) atoms. The molecule has 1 amide bonds. The smallest absolute Gasteiger partial charge is 0.410 e. The molecular weight excluding hydrogens is 194 g/mol. The highest BCUT2D eigenvalue weighted by molar-refractivity contribution is 5.69. The van der Waals surface area contributed by atoms with E-state index in [-0.39, 0.29) is 12.2 Å². The zero-order valence-corrected chi connectivity index (χ0v) is 9.99. The lowest BCUT2D eigenvalue weighted by Crippen LogP contribution is -2.52. The van der Waals surface area contributed by atoms with Crippen LogP contribution >= 0.6 is 0 Å². The number of carbonyl (C=O) groups is 1. The van der Waals surface area contributed by atoms with Gasteiger partial charge in [0.05, 0.1) is 6.10 Å². The van der Waals surface area contributed by atoms with Crippen molar-refractivity contribution in [3.8, 4) is 0 Å². The second-order valence-corrected chi connectivity index (χ2v) is 5.34. The Morgan fingerprint density at radius 3 is 2.47 bits per heavy atom. The van der Waals surface area contributed by atoms with Crippen molar-refractivity contribution >= 4 is 6.09 Å². The lowest BCUT2D eigenvalue weighted by molar-refractivity contribution is -0.00846. The number of rotatable bonds is 2. The lowest BCUT2D eigenvalue weighted by Gasteiger charge is -2.40. The summed E-state index contributed by atoms with van der Waals surface area (Å²) >= 11 is 0. The van der Waals surface area contributed by atoms with Crippen LogP contribution < -0.4 is 0 Å². The zero-order valence-electron chi connectivity index (χ0n) is 9.99. The number of nitrogens with zero attached hydrogens (tertiary/aromatic N) is 1. The van der Waals surface area contributed by atoms with Gasteiger partial charge in [0.1, 0.15) is 5.60 Å². The van der Waals surface area contributed by atoms with Gasteiger partial charge in [0.25, 0.3) is 0 Å². The van der Waals surface area contributed by atoms with Crippen LogP contribution in [-0.2, 0) is 4.74 Å². The van der Waals surface area contributed by atoms with Crippen molar-refractivity contribution in [2.45, 2.75) is 45.8 Å². The predicted molar refractivity (Wildman–Crippen MR) is 57.6 cm³/mol. The maximum atomic E-state index is 11.5. The van der Waals surface area contributed by atoms with Gasteiger partial charge in [-0.2, -0.15) is 0 Å². The quantitative estimate of drug-likeness (QED) is 0.761. The van der Waals surface area contributed by atoms with Crippen LogP contribution in [0.4, 0.5) is 4.79 Å². The molecule has 1 N–H and O–H groups in total. The normalized spacial score (nSPS) is 19.7. The first kappa shape index (κ1) is 12.3. The highest BCUT2D eigenvalue weighted by atomic mass is 16.6. The number of amides is 1. The van der Waals surface area contributed by atoms with Gasteiger partial charge in [-0.3, -0.25) is 0 Å². The van der Waals surface area contributed by atoms with E-state index in [1.54, 1.807) is 11.8 Å². The lowest BCUT2D eigenvalue weighted by atomic mass is 9.94. The number of aliphatic hydroxyl groups excluding tert-OH is 1. The molecule has 1 aliphatic rings. The molecule has 4 heteroatoms. The summed E-state index contributed by atoms with van der Waals surface area (Å²) in [7, 11) is 0. The van der Waals surface area contributed by atoms with Gasteiger partial charge in [0, 0.05) is 13.1 Å². The van der Waals surface area contributed by atoms with Gasteiger partial charge >= 0.3 is 6.09 Å². The monoisotopic (exact) mass is 215 g/mol. The van der Waals surface area contributed by atoms with Crippen LogP contribution in [-0.4, -0.2) is 40.9 Å². The van der Waals surface area contributed by atoms with Crippen LogP contribution in [0.15, 0.2) is 0 Å². The van der Waals surface area contributed by atoms with E-state index < -0.39 is 5.60 Å². The molecule has 0 unspecified atom stereocenters. The second kappa shape index (κ2) is 4.39. The first-order valence-electron chi connectivity index (χ1n) is 5.44. The van der Waals surface area contributed by atoms with E-state index in [1.165, 1.54) is 0 Å². The van der Waals surface area contributed by atoms with Crippen molar-refractivity contribution in [3.63, 3.8) is 0 Å². The Hall–Kier alpha value is -0.770. The fraction of sp³-hybridized carbons (Fsp3) is 0.909. The first-order valence-corrected chi connectivity index (χ1v) is 5.44. The van der Waals surface area contributed by atoms with Gasteiger partial charge < -0.3 is 14.7 Å². The molecule has 0 bridgehead atoms. The van der Waals surface area contributed by atoms with Crippen molar-refractivity contribution < 1.29 is 14.6 Å². The Kier molecular flexibility index (Phi) is 3.60. The molecule has 0 saturated carbocycles. The molecule has 0 aromatic heterocycles. The SMILES string of the molecule is C[C@H](O)CC1CN(C(=O)OC(C)(C)C)C1. The van der Waals surface area contributed by atoms with Crippen molar-refractivity contribution in [2.24, 2.45) is 5.92 Å². The van der Waals surface area contributed by atoms with E-state index in [1.807, 2.05) is 20.8 Å². The van der Waals surface area contributed by atoms with Crippen molar-refractivity contribution in [1.82, 2.24) is 4.90 Å². The Morgan fingerprint density at radius 2 is 2.07 bits per heavy atom. The van der Waals surface area contributed by atoms with Gasteiger partial charge in [-0.15, -0.1) is 0 Å². The molecule has 0 radical (unpaired) electrons. The molecule has 1 fully saturated rings. The number of hydrogen-bond acceptors (Lipinski definition) is 3. The summed E-state index contributed by atoms with van der Waals surface area (Å²) in [6.45, 7) is 8.77. The second-order valence-electron chi connectivity index (χ2n) is 5.34. The number of carbonyl (C=O) groups excluding carboxylic acids is 1. The van der Waals surface area contributed by atoms with Crippen molar-refractivity contribution in [1.29, 1.82) is 0 Å². The van der Waals surface area contributed by atoms with E-state index in [0.717, 1.165) is 6.42 Å². The molecule has 1 rings (SSSR count). The van der Waals surface area contributed by atoms with Gasteiger partial charge in [-0.05, 0) is 40.0 Å². The third-order valence-electron chi connectivity index (χ3n) is 2.28. The molecule has 0 spiro atoms. The van der Waals surface area contributed by atoms with Crippen molar-refractivity contribution in [2.75, 3.05) is 13.1 Å². The van der Waals surface area contributed by atoms with E-state index in [4.69, 9.17) is 9.84 Å². The molecular formula is C11H21NO3. The summed E-state index contributed by atoms with van der Waals surface area (Å²) in [4.78, 5) is 13.2. The molecule has 0 aliphatic carbocycles. The largest absolute Gasteiger partial charge is 0.444 e. The molecule has 0 aromatic carbocycles. The Bertz CT molecular complexity index is 226. The third kappa shape index (κ3) is 4.08. The molecule has 4 nitrogen and oxygen atoms in total. The topological polar surface area (TPSA) is 49.8 Å². The zero-order chi connectivity index (χ0) is 11.6. The van der Waals surface area contributed by atoms with Gasteiger partial charge in [0.15, 0.2) is 0 Å². The Labute approximate surface area is 91.2 Å². The van der Waals surface area contributed by atoms with Gasteiger partial charge in [0.2, 0.25) is 0 Å². The number of aliphatic hydroxyl groups is 1. The summed E-state index contributed by atoms with van der Waals surface area (Å²) in [5, 5.41) is 9.16. The third-order valence-corrected chi connectivity index (χ3v) is 2.28. The molecule has 1 atom stereocenters. The minimum absolute atomic E-state index is 0.246. The van der Waals surface area contributed by atoms with Crippen LogP contribution in [0.25, 0.3) is 0 Å². The predicted octanol–water partition coefficient (Wildman–Crippen LogP) is 1.62. The van der Waals surface area contributed by atoms with Crippen LogP contribution in [0, 0.1) is 5.92 Å². The first-order chi connectivity index (χ1) is 6.78. The van der Waals surface area contributed by atoms with E-state index in [0.29, 0.717) is 19.0 Å². The average Bonchev–Trinajstić information content (AvgIpc) is 1.91. The van der Waals surface area contributed by atoms with Gasteiger partial charge in [-0.1, -0.05) is 0 Å². The molecule has 0 aromatic rings. The van der Waals surface area contributed by atoms with Crippen LogP contribution in [0.3, 0.4) is 0 Å². The fourth-order valence-corrected chi connectivity index (χ4v) is 1.68. The Balaban J connectivity index is 2.24. The Morgan fingerprint density at radius 1 is 1.53 bits per heavy atom. The minimum Gasteiger partial charge on any atom is -0.444 e. The van der Waals surface area contributed by atoms with E-state index in [2.05, 4.69) is 0 Å². The van der Waals surface area contributed by atoms with E-state index >= 15 is 0 Å². The van der Waals surface area contributed by atoms with Crippen molar-refractivity contribution in [3.05, 3.63) is 0 Å². The van der Waals surface area contributed by atoms with Gasteiger partial charge in [-0.25, -0.2) is 4.79 Å². The maximum Gasteiger partial charge on any atom is 0.410 e. The summed E-state index contributed by atoms with van der Waals surface area (Å²) < 4.78 is 5.22. The number of ether oxygens (including phenoxy) is 1. The molecule has 1 heterocycles. The number of hydrogen-bond donors (Lipinski definition) is 1. The summed E-state index contributed by atoms with van der Waals surface area (Å²) in [5.74, 6) is 0.428. The van der Waals surface area contributed by atoms with Crippen LogP contribution in [0.2, 0.25) is 0 Å². The fourth-order valence-electron chi connectivity index (χ4n) is 1.68. The molecule has 88 valence electrons. The van der Waals surface area contributed by atoms with E-state index in [9.17, 15) is 4.79 Å². The highest BCUT2D eigenvalue weighted by Gasteiger charge is 2.33. The molecule has 1 aliphatic heterocycles. The summed E-state index contributed by atoms with van der Waals surface area (Å²) in [5.41, 5.74) is -0.424. The minimum atomic E-state index is -0.424. The maximum absolute atomic E-state index is 11.5.